The van der Waals surface area contributed by atoms with Gasteiger partial charge in [-0.15, -0.1) is 22.7 Å². The number of benzene rings is 2. The van der Waals surface area contributed by atoms with Gasteiger partial charge >= 0.3 is 0 Å². The van der Waals surface area contributed by atoms with Crippen LogP contribution in [0.4, 0.5) is 18.3 Å². The minimum absolute atomic E-state index is 0.0850. The van der Waals surface area contributed by atoms with Crippen molar-refractivity contribution in [2.75, 3.05) is 12.4 Å². The normalized spacial score (nSPS) is 11.2. The number of aromatic nitrogens is 1. The second-order valence-corrected chi connectivity index (χ2v) is 7.99. The van der Waals surface area contributed by atoms with Crippen molar-refractivity contribution in [2.45, 2.75) is 6.61 Å². The maximum atomic E-state index is 14.3. The molecule has 4 nitrogen and oxygen atoms in total. The number of carbonyl (C=O) groups is 1. The lowest BCUT2D eigenvalue weighted by atomic mass is 10.1. The summed E-state index contributed by atoms with van der Waals surface area (Å²) >= 11 is 2.31. The van der Waals surface area contributed by atoms with Gasteiger partial charge in [-0.25, -0.2) is 18.2 Å². The van der Waals surface area contributed by atoms with Crippen molar-refractivity contribution in [3.8, 4) is 11.3 Å². The first-order valence-corrected chi connectivity index (χ1v) is 10.1. The van der Waals surface area contributed by atoms with Gasteiger partial charge in [-0.2, -0.15) is 0 Å². The molecule has 1 N–H and O–H groups in total. The fourth-order valence-corrected chi connectivity index (χ4v) is 4.74. The highest BCUT2D eigenvalue weighted by Crippen LogP contribution is 2.35. The van der Waals surface area contributed by atoms with E-state index in [1.807, 2.05) is 0 Å². The maximum absolute atomic E-state index is 14.3. The zero-order valence-corrected chi connectivity index (χ0v) is 16.6. The number of nitrogens with one attached hydrogen (secondary N) is 1. The van der Waals surface area contributed by atoms with Gasteiger partial charge in [-0.3, -0.25) is 10.1 Å². The highest BCUT2D eigenvalue weighted by atomic mass is 32.1. The molecule has 0 aliphatic carbocycles. The van der Waals surface area contributed by atoms with Crippen LogP contribution in [-0.4, -0.2) is 18.0 Å². The molecule has 0 atom stereocenters. The minimum Gasteiger partial charge on any atom is -0.380 e. The Labute approximate surface area is 171 Å². The van der Waals surface area contributed by atoms with E-state index in [1.54, 1.807) is 17.5 Å². The van der Waals surface area contributed by atoms with Crippen LogP contribution < -0.4 is 5.32 Å². The van der Waals surface area contributed by atoms with Crippen LogP contribution in [0.2, 0.25) is 0 Å². The molecule has 0 unspecified atom stereocenters. The molecule has 0 radical (unpaired) electrons. The summed E-state index contributed by atoms with van der Waals surface area (Å²) in [5.74, 6) is -2.78. The first-order valence-electron chi connectivity index (χ1n) is 8.39. The first-order chi connectivity index (χ1) is 14.0. The van der Waals surface area contributed by atoms with Crippen molar-refractivity contribution in [3.05, 3.63) is 69.7 Å². The van der Waals surface area contributed by atoms with E-state index in [2.05, 4.69) is 10.3 Å². The molecule has 148 valence electrons. The molecule has 2 heterocycles. The zero-order valence-electron chi connectivity index (χ0n) is 15.0. The van der Waals surface area contributed by atoms with Gasteiger partial charge in [0.15, 0.2) is 16.8 Å². The number of thiophene rings is 1. The quantitative estimate of drug-likeness (QED) is 0.429. The zero-order chi connectivity index (χ0) is 20.5. The van der Waals surface area contributed by atoms with Gasteiger partial charge in [-0.1, -0.05) is 6.07 Å². The van der Waals surface area contributed by atoms with E-state index in [1.165, 1.54) is 30.6 Å². The van der Waals surface area contributed by atoms with E-state index in [4.69, 9.17) is 4.74 Å². The molecule has 4 rings (SSSR count). The average molecular weight is 434 g/mol. The van der Waals surface area contributed by atoms with Gasteiger partial charge in [-0.05, 0) is 30.3 Å². The van der Waals surface area contributed by atoms with E-state index in [9.17, 15) is 18.0 Å². The Morgan fingerprint density at radius 3 is 2.72 bits per heavy atom. The van der Waals surface area contributed by atoms with E-state index in [-0.39, 0.29) is 11.7 Å². The highest BCUT2D eigenvalue weighted by Gasteiger charge is 2.21. The number of fused-ring (bicyclic) bond motifs is 1. The van der Waals surface area contributed by atoms with Gasteiger partial charge in [0.2, 0.25) is 0 Å². The van der Waals surface area contributed by atoms with Gasteiger partial charge in [0.05, 0.1) is 17.2 Å². The third-order valence-corrected chi connectivity index (χ3v) is 6.15. The number of rotatable bonds is 5. The van der Waals surface area contributed by atoms with Crippen molar-refractivity contribution in [1.29, 1.82) is 0 Å². The van der Waals surface area contributed by atoms with E-state index in [0.717, 1.165) is 23.5 Å². The Balaban J connectivity index is 1.63. The number of halogens is 3. The van der Waals surface area contributed by atoms with Crippen LogP contribution >= 0.6 is 22.7 Å². The molecule has 0 bridgehead atoms. The van der Waals surface area contributed by atoms with Gasteiger partial charge in [0, 0.05) is 33.7 Å². The molecular formula is C20H13F3N2O2S2. The Hall–Kier alpha value is -2.75. The smallest absolute Gasteiger partial charge is 0.267 e. The van der Waals surface area contributed by atoms with Crippen LogP contribution in [0.5, 0.6) is 0 Å². The number of amides is 1. The minimum atomic E-state index is -0.974. The fraction of sp³-hybridized carbons (Fsp3) is 0.100. The second-order valence-electron chi connectivity index (χ2n) is 6.08. The van der Waals surface area contributed by atoms with E-state index < -0.39 is 23.4 Å². The number of methoxy groups -OCH3 is 1. The molecule has 2 aromatic heterocycles. The molecule has 0 spiro atoms. The molecule has 0 fully saturated rings. The van der Waals surface area contributed by atoms with E-state index in [0.29, 0.717) is 31.8 Å². The summed E-state index contributed by atoms with van der Waals surface area (Å²) in [6.45, 7) is 0.0850. The number of thiazole rings is 1. The molecule has 0 aliphatic rings. The van der Waals surface area contributed by atoms with Crippen LogP contribution in [0.15, 0.2) is 41.8 Å². The highest BCUT2D eigenvalue weighted by molar-refractivity contribution is 7.21. The number of ether oxygens (including phenoxy) is 1. The maximum Gasteiger partial charge on any atom is 0.267 e. The van der Waals surface area contributed by atoms with Crippen LogP contribution in [0, 0.1) is 17.5 Å². The Bertz CT molecular complexity index is 1220. The summed E-state index contributed by atoms with van der Waals surface area (Å²) in [7, 11) is 1.47. The van der Waals surface area contributed by atoms with Crippen LogP contribution in [-0.2, 0) is 11.3 Å². The van der Waals surface area contributed by atoms with Crippen LogP contribution in [0.3, 0.4) is 0 Å². The van der Waals surface area contributed by atoms with Crippen molar-refractivity contribution in [3.63, 3.8) is 0 Å². The molecule has 0 saturated carbocycles. The lowest BCUT2D eigenvalue weighted by Gasteiger charge is -2.04. The molecule has 29 heavy (non-hydrogen) atoms. The van der Waals surface area contributed by atoms with Gasteiger partial charge in [0.25, 0.3) is 5.91 Å². The van der Waals surface area contributed by atoms with Crippen LogP contribution in [0.25, 0.3) is 21.3 Å². The van der Waals surface area contributed by atoms with Crippen LogP contribution in [0.1, 0.15) is 15.2 Å². The Morgan fingerprint density at radius 2 is 1.97 bits per heavy atom. The van der Waals surface area contributed by atoms with Crippen molar-refractivity contribution in [1.82, 2.24) is 4.98 Å². The summed E-state index contributed by atoms with van der Waals surface area (Å²) in [6.07, 6.45) is 0. The lowest BCUT2D eigenvalue weighted by Crippen LogP contribution is -2.12. The lowest BCUT2D eigenvalue weighted by molar-refractivity contribution is 0.102. The topological polar surface area (TPSA) is 51.2 Å². The molecule has 0 aliphatic heterocycles. The van der Waals surface area contributed by atoms with Crippen molar-refractivity contribution in [2.24, 2.45) is 0 Å². The average Bonchev–Trinajstić information content (AvgIpc) is 3.30. The van der Waals surface area contributed by atoms with E-state index >= 15 is 0 Å². The summed E-state index contributed by atoms with van der Waals surface area (Å²) in [5.41, 5.74) is 1.27. The Kier molecular flexibility index (Phi) is 5.35. The van der Waals surface area contributed by atoms with Gasteiger partial charge in [0.1, 0.15) is 5.82 Å². The SMILES string of the molecule is COCc1c(C(=O)Nc2nc(-c3ccc(F)c(F)c3)cs2)sc2cccc(F)c12. The largest absolute Gasteiger partial charge is 0.380 e. The molecule has 1 amide bonds. The number of hydrogen-bond acceptors (Lipinski definition) is 5. The predicted octanol–water partition coefficient (Wildman–Crippen LogP) is 5.84. The summed E-state index contributed by atoms with van der Waals surface area (Å²) in [4.78, 5) is 17.4. The Morgan fingerprint density at radius 1 is 1.14 bits per heavy atom. The number of nitrogens with zero attached hydrogens (tertiary/aromatic N) is 1. The third-order valence-electron chi connectivity index (χ3n) is 4.20. The number of hydrogen-bond donors (Lipinski definition) is 1. The third kappa shape index (κ3) is 3.76. The summed E-state index contributed by atoms with van der Waals surface area (Å²) in [5, 5.41) is 4.97. The number of anilines is 1. The standard InChI is InChI=1S/C20H13F3N2O2S2/c1-27-8-11-17-13(22)3-2-4-16(17)29-18(11)19(26)25-20-24-15(9-28-20)10-5-6-12(21)14(23)7-10/h2-7,9H,8H2,1H3,(H,24,25,26). The molecular weight excluding hydrogens is 421 g/mol. The fourth-order valence-electron chi connectivity index (χ4n) is 2.91. The summed E-state index contributed by atoms with van der Waals surface area (Å²) in [6, 6.07) is 8.13. The predicted molar refractivity (Wildman–Crippen MR) is 108 cm³/mol. The number of carbonyl (C=O) groups excluding carboxylic acids is 1. The molecule has 0 saturated heterocycles. The molecule has 4 aromatic rings. The molecule has 2 aromatic carbocycles. The first kappa shape index (κ1) is 19.6. The van der Waals surface area contributed by atoms with Gasteiger partial charge < -0.3 is 4.74 Å². The summed E-state index contributed by atoms with van der Waals surface area (Å²) < 4.78 is 46.6. The second kappa shape index (κ2) is 7.94. The van der Waals surface area contributed by atoms with Crippen molar-refractivity contribution >= 4 is 43.8 Å². The monoisotopic (exact) mass is 434 g/mol. The molecule has 9 heteroatoms. The van der Waals surface area contributed by atoms with Crippen molar-refractivity contribution < 1.29 is 22.7 Å².